The van der Waals surface area contributed by atoms with Crippen LogP contribution in [0.5, 0.6) is 11.5 Å². The van der Waals surface area contributed by atoms with Crippen molar-refractivity contribution in [3.63, 3.8) is 0 Å². The zero-order chi connectivity index (χ0) is 21.4. The van der Waals surface area contributed by atoms with E-state index in [0.717, 1.165) is 5.56 Å². The predicted molar refractivity (Wildman–Crippen MR) is 110 cm³/mol. The van der Waals surface area contributed by atoms with Gasteiger partial charge in [-0.05, 0) is 29.7 Å². The van der Waals surface area contributed by atoms with E-state index in [9.17, 15) is 14.0 Å². The topological polar surface area (TPSA) is 71.1 Å². The number of rotatable bonds is 3. The Kier molecular flexibility index (Phi) is 5.42. The first-order chi connectivity index (χ1) is 14.4. The van der Waals surface area contributed by atoms with Crippen molar-refractivity contribution < 1.29 is 23.5 Å². The molecular weight excluding hydrogens is 413 g/mol. The number of anilines is 1. The molecule has 1 fully saturated rings. The van der Waals surface area contributed by atoms with Gasteiger partial charge in [0.1, 0.15) is 23.9 Å². The van der Waals surface area contributed by atoms with E-state index < -0.39 is 6.03 Å². The van der Waals surface area contributed by atoms with Crippen molar-refractivity contribution in [1.29, 1.82) is 0 Å². The molecule has 1 saturated heterocycles. The van der Waals surface area contributed by atoms with E-state index >= 15 is 0 Å². The van der Waals surface area contributed by atoms with Crippen molar-refractivity contribution in [2.24, 2.45) is 0 Å². The van der Waals surface area contributed by atoms with Gasteiger partial charge in [-0.3, -0.25) is 4.79 Å². The number of nitrogens with one attached hydrogen (secondary N) is 1. The molecule has 158 valence electrons. The van der Waals surface area contributed by atoms with Gasteiger partial charge in [0.15, 0.2) is 0 Å². The molecule has 2 aliphatic heterocycles. The number of halogens is 2. The van der Waals surface area contributed by atoms with E-state index in [1.807, 2.05) is 6.07 Å². The van der Waals surface area contributed by atoms with Crippen molar-refractivity contribution >= 4 is 29.2 Å². The monoisotopic (exact) mass is 433 g/mol. The lowest BCUT2D eigenvalue weighted by Gasteiger charge is -2.44. The number of piperazine rings is 1. The smallest absolute Gasteiger partial charge is 0.322 e. The normalized spacial score (nSPS) is 17.9. The highest BCUT2D eigenvalue weighted by atomic mass is 35.5. The van der Waals surface area contributed by atoms with E-state index in [4.69, 9.17) is 21.1 Å². The van der Waals surface area contributed by atoms with E-state index in [0.29, 0.717) is 40.7 Å². The minimum absolute atomic E-state index is 0.0564. The number of amides is 3. The van der Waals surface area contributed by atoms with Gasteiger partial charge in [0.05, 0.1) is 31.0 Å². The average molecular weight is 434 g/mol. The number of hydrogen-bond donors (Lipinski definition) is 1. The zero-order valence-electron chi connectivity index (χ0n) is 16.6. The SMILES string of the molecule is COc1cc(OC)c(NC(=O)N2CC(=O)N3CCc4c(F)cccc4C3C2)cc1Cl. The largest absolute Gasteiger partial charge is 0.495 e. The summed E-state index contributed by atoms with van der Waals surface area (Å²) in [6.45, 7) is 0.647. The Labute approximate surface area is 178 Å². The highest BCUT2D eigenvalue weighted by molar-refractivity contribution is 6.32. The highest BCUT2D eigenvalue weighted by Crippen LogP contribution is 2.37. The van der Waals surface area contributed by atoms with E-state index in [2.05, 4.69) is 5.32 Å². The Morgan fingerprint density at radius 3 is 2.73 bits per heavy atom. The summed E-state index contributed by atoms with van der Waals surface area (Å²) in [7, 11) is 2.95. The van der Waals surface area contributed by atoms with Gasteiger partial charge in [0.2, 0.25) is 5.91 Å². The van der Waals surface area contributed by atoms with Crippen LogP contribution in [0, 0.1) is 5.82 Å². The summed E-state index contributed by atoms with van der Waals surface area (Å²) < 4.78 is 24.7. The second-order valence-electron chi connectivity index (χ2n) is 7.16. The fourth-order valence-corrected chi connectivity index (χ4v) is 4.28. The maximum absolute atomic E-state index is 14.2. The van der Waals surface area contributed by atoms with E-state index in [1.165, 1.54) is 31.3 Å². The fraction of sp³-hybridized carbons (Fsp3) is 0.333. The minimum atomic E-state index is -0.467. The zero-order valence-corrected chi connectivity index (χ0v) is 17.3. The third-order valence-electron chi connectivity index (χ3n) is 5.54. The molecule has 0 aromatic heterocycles. The van der Waals surface area contributed by atoms with Crippen LogP contribution < -0.4 is 14.8 Å². The Morgan fingerprint density at radius 1 is 1.23 bits per heavy atom. The molecule has 2 aromatic carbocycles. The fourth-order valence-electron chi connectivity index (χ4n) is 4.04. The first-order valence-electron chi connectivity index (χ1n) is 9.47. The van der Waals surface area contributed by atoms with Gasteiger partial charge < -0.3 is 24.6 Å². The molecule has 30 heavy (non-hydrogen) atoms. The van der Waals surface area contributed by atoms with Gasteiger partial charge in [0.25, 0.3) is 0 Å². The molecule has 0 aliphatic carbocycles. The van der Waals surface area contributed by atoms with Crippen LogP contribution in [-0.4, -0.2) is 55.6 Å². The molecule has 9 heteroatoms. The number of fused-ring (bicyclic) bond motifs is 3. The molecule has 7 nitrogen and oxygen atoms in total. The molecule has 1 unspecified atom stereocenters. The van der Waals surface area contributed by atoms with Crippen LogP contribution >= 0.6 is 11.6 Å². The average Bonchev–Trinajstić information content (AvgIpc) is 2.74. The first kappa shape index (κ1) is 20.3. The highest BCUT2D eigenvalue weighted by Gasteiger charge is 2.39. The number of nitrogens with zero attached hydrogens (tertiary/aromatic N) is 2. The molecular formula is C21H21ClFN3O4. The number of benzene rings is 2. The van der Waals surface area contributed by atoms with Gasteiger partial charge in [-0.15, -0.1) is 0 Å². The van der Waals surface area contributed by atoms with Crippen molar-refractivity contribution in [2.75, 3.05) is 39.2 Å². The van der Waals surface area contributed by atoms with Crippen LogP contribution in [0.3, 0.4) is 0 Å². The summed E-state index contributed by atoms with van der Waals surface area (Å²) >= 11 is 6.17. The second-order valence-corrected chi connectivity index (χ2v) is 7.57. The van der Waals surface area contributed by atoms with Crippen molar-refractivity contribution in [2.45, 2.75) is 12.5 Å². The van der Waals surface area contributed by atoms with Crippen LogP contribution in [-0.2, 0) is 11.2 Å². The number of urea groups is 1. The van der Waals surface area contributed by atoms with Crippen LogP contribution in [0.15, 0.2) is 30.3 Å². The lowest BCUT2D eigenvalue weighted by atomic mass is 9.90. The van der Waals surface area contributed by atoms with Crippen LogP contribution in [0.25, 0.3) is 0 Å². The Morgan fingerprint density at radius 2 is 2.00 bits per heavy atom. The van der Waals surface area contributed by atoms with Gasteiger partial charge in [-0.1, -0.05) is 23.7 Å². The Bertz CT molecular complexity index is 1020. The summed E-state index contributed by atoms with van der Waals surface area (Å²) in [5.74, 6) is 0.339. The number of ether oxygens (including phenoxy) is 2. The molecule has 0 radical (unpaired) electrons. The second kappa shape index (κ2) is 8.02. The number of hydrogen-bond acceptors (Lipinski definition) is 4. The first-order valence-corrected chi connectivity index (χ1v) is 9.85. The number of carbonyl (C=O) groups is 2. The minimum Gasteiger partial charge on any atom is -0.495 e. The molecule has 0 saturated carbocycles. The maximum atomic E-state index is 14.2. The molecule has 1 N–H and O–H groups in total. The summed E-state index contributed by atoms with van der Waals surface area (Å²) in [6.07, 6.45) is 0.470. The van der Waals surface area contributed by atoms with Crippen LogP contribution in [0.2, 0.25) is 5.02 Å². The third-order valence-corrected chi connectivity index (χ3v) is 5.83. The van der Waals surface area contributed by atoms with Crippen LogP contribution in [0.1, 0.15) is 17.2 Å². The number of methoxy groups -OCH3 is 2. The third kappa shape index (κ3) is 3.52. The van der Waals surface area contributed by atoms with E-state index in [-0.39, 0.29) is 30.9 Å². The Balaban J connectivity index is 1.58. The molecule has 2 aliphatic rings. The van der Waals surface area contributed by atoms with Gasteiger partial charge in [0, 0.05) is 19.2 Å². The number of carbonyl (C=O) groups excluding carboxylic acids is 2. The van der Waals surface area contributed by atoms with Gasteiger partial charge >= 0.3 is 6.03 Å². The Hall–Kier alpha value is -3.00. The van der Waals surface area contributed by atoms with E-state index in [1.54, 1.807) is 17.0 Å². The molecule has 2 aromatic rings. The quantitative estimate of drug-likeness (QED) is 0.804. The predicted octanol–water partition coefficient (Wildman–Crippen LogP) is 3.47. The molecule has 0 spiro atoms. The van der Waals surface area contributed by atoms with Crippen molar-refractivity contribution in [1.82, 2.24) is 9.80 Å². The summed E-state index contributed by atoms with van der Waals surface area (Å²) in [5, 5.41) is 3.06. The summed E-state index contributed by atoms with van der Waals surface area (Å²) in [6, 6.07) is 7.12. The summed E-state index contributed by atoms with van der Waals surface area (Å²) in [5.41, 5.74) is 1.72. The van der Waals surface area contributed by atoms with Crippen LogP contribution in [0.4, 0.5) is 14.9 Å². The molecule has 1 atom stereocenters. The lowest BCUT2D eigenvalue weighted by Crippen LogP contribution is -2.56. The van der Waals surface area contributed by atoms with Gasteiger partial charge in [-0.2, -0.15) is 0 Å². The summed E-state index contributed by atoms with van der Waals surface area (Å²) in [4.78, 5) is 28.8. The van der Waals surface area contributed by atoms with Crippen molar-refractivity contribution in [3.05, 3.63) is 52.3 Å². The molecule has 2 heterocycles. The molecule has 4 rings (SSSR count). The van der Waals surface area contributed by atoms with Crippen molar-refractivity contribution in [3.8, 4) is 11.5 Å². The van der Waals surface area contributed by atoms with Gasteiger partial charge in [-0.25, -0.2) is 9.18 Å². The molecule has 3 amide bonds. The lowest BCUT2D eigenvalue weighted by molar-refractivity contribution is -0.139. The standard InChI is InChI=1S/C21H21ClFN3O4/c1-29-18-9-19(30-2)16(8-14(18)22)24-21(28)25-10-17-13-4-3-5-15(23)12(13)6-7-26(17)20(27)11-25/h3-5,8-9,17H,6-7,10-11H2,1-2H3,(H,24,28). The molecule has 0 bridgehead atoms. The maximum Gasteiger partial charge on any atom is 0.322 e.